The van der Waals surface area contributed by atoms with Crippen LogP contribution in [0.15, 0.2) is 42.5 Å². The highest BCUT2D eigenvalue weighted by Gasteiger charge is 2.18. The minimum Gasteiger partial charge on any atom is -0.352 e. The standard InChI is InChI=1S/C12H14O2/c1-13-12-9-5-8-11(14-12)10-6-3-2-4-7-10/h2-7,9,11-12H,8H2,1H3/t11-,12-/m0/s1. The molecule has 0 aromatic heterocycles. The van der Waals surface area contributed by atoms with Crippen molar-refractivity contribution < 1.29 is 9.47 Å². The molecule has 1 aromatic rings. The fourth-order valence-corrected chi connectivity index (χ4v) is 1.59. The summed E-state index contributed by atoms with van der Waals surface area (Å²) < 4.78 is 10.8. The molecule has 0 bridgehead atoms. The van der Waals surface area contributed by atoms with Crippen LogP contribution in [0.1, 0.15) is 18.1 Å². The van der Waals surface area contributed by atoms with Crippen LogP contribution in [-0.2, 0) is 9.47 Å². The lowest BCUT2D eigenvalue weighted by Crippen LogP contribution is -2.19. The van der Waals surface area contributed by atoms with Gasteiger partial charge in [0.1, 0.15) is 0 Å². The Morgan fingerprint density at radius 2 is 2.07 bits per heavy atom. The van der Waals surface area contributed by atoms with Crippen LogP contribution >= 0.6 is 0 Å². The fourth-order valence-electron chi connectivity index (χ4n) is 1.59. The second-order valence-corrected chi connectivity index (χ2v) is 3.30. The van der Waals surface area contributed by atoms with Crippen LogP contribution < -0.4 is 0 Å². The van der Waals surface area contributed by atoms with Crippen LogP contribution in [0.3, 0.4) is 0 Å². The fraction of sp³-hybridized carbons (Fsp3) is 0.333. The lowest BCUT2D eigenvalue weighted by Gasteiger charge is -2.25. The number of rotatable bonds is 2. The third-order valence-electron chi connectivity index (χ3n) is 2.35. The number of benzene rings is 1. The first kappa shape index (κ1) is 9.44. The highest BCUT2D eigenvalue weighted by atomic mass is 16.7. The lowest BCUT2D eigenvalue weighted by molar-refractivity contribution is -0.133. The first-order valence-electron chi connectivity index (χ1n) is 4.80. The van der Waals surface area contributed by atoms with E-state index in [0.29, 0.717) is 0 Å². The van der Waals surface area contributed by atoms with Gasteiger partial charge in [-0.1, -0.05) is 36.4 Å². The molecule has 0 aliphatic carbocycles. The molecule has 1 aliphatic heterocycles. The zero-order valence-electron chi connectivity index (χ0n) is 8.22. The molecular weight excluding hydrogens is 176 g/mol. The number of hydrogen-bond acceptors (Lipinski definition) is 2. The van der Waals surface area contributed by atoms with E-state index in [4.69, 9.17) is 9.47 Å². The van der Waals surface area contributed by atoms with Crippen LogP contribution in [0.5, 0.6) is 0 Å². The summed E-state index contributed by atoms with van der Waals surface area (Å²) in [5.41, 5.74) is 1.21. The summed E-state index contributed by atoms with van der Waals surface area (Å²) in [5.74, 6) is 0. The summed E-state index contributed by atoms with van der Waals surface area (Å²) in [6, 6.07) is 10.2. The highest BCUT2D eigenvalue weighted by molar-refractivity contribution is 5.19. The van der Waals surface area contributed by atoms with E-state index in [-0.39, 0.29) is 12.4 Å². The van der Waals surface area contributed by atoms with E-state index < -0.39 is 0 Å². The van der Waals surface area contributed by atoms with Crippen molar-refractivity contribution in [1.82, 2.24) is 0 Å². The number of ether oxygens (including phenoxy) is 2. The topological polar surface area (TPSA) is 18.5 Å². The van der Waals surface area contributed by atoms with Crippen molar-refractivity contribution in [2.75, 3.05) is 7.11 Å². The zero-order valence-corrected chi connectivity index (χ0v) is 8.22. The molecule has 0 N–H and O–H groups in total. The monoisotopic (exact) mass is 190 g/mol. The Balaban J connectivity index is 2.10. The van der Waals surface area contributed by atoms with Gasteiger partial charge in [-0.25, -0.2) is 0 Å². The molecule has 0 radical (unpaired) electrons. The third-order valence-corrected chi connectivity index (χ3v) is 2.35. The van der Waals surface area contributed by atoms with Gasteiger partial charge in [-0.3, -0.25) is 0 Å². The first-order valence-corrected chi connectivity index (χ1v) is 4.80. The summed E-state index contributed by atoms with van der Waals surface area (Å²) >= 11 is 0. The van der Waals surface area contributed by atoms with E-state index in [0.717, 1.165) is 6.42 Å². The molecule has 0 saturated heterocycles. The van der Waals surface area contributed by atoms with Crippen LogP contribution in [0, 0.1) is 0 Å². The Morgan fingerprint density at radius 1 is 1.29 bits per heavy atom. The van der Waals surface area contributed by atoms with Gasteiger partial charge in [0.05, 0.1) is 6.10 Å². The average Bonchev–Trinajstić information content (AvgIpc) is 2.30. The largest absolute Gasteiger partial charge is 0.352 e. The maximum atomic E-state index is 5.71. The molecule has 0 amide bonds. The molecular formula is C12H14O2. The van der Waals surface area contributed by atoms with Gasteiger partial charge in [0.15, 0.2) is 6.29 Å². The average molecular weight is 190 g/mol. The van der Waals surface area contributed by atoms with Crippen molar-refractivity contribution in [2.45, 2.75) is 18.8 Å². The van der Waals surface area contributed by atoms with Gasteiger partial charge in [0, 0.05) is 7.11 Å². The van der Waals surface area contributed by atoms with Crippen LogP contribution in [0.2, 0.25) is 0 Å². The Bertz CT molecular complexity index is 305. The van der Waals surface area contributed by atoms with E-state index in [2.05, 4.69) is 18.2 Å². The molecule has 0 saturated carbocycles. The molecule has 14 heavy (non-hydrogen) atoms. The van der Waals surface area contributed by atoms with Gasteiger partial charge in [0.2, 0.25) is 0 Å². The van der Waals surface area contributed by atoms with E-state index in [1.807, 2.05) is 24.3 Å². The van der Waals surface area contributed by atoms with Crippen molar-refractivity contribution in [1.29, 1.82) is 0 Å². The molecule has 2 heteroatoms. The second-order valence-electron chi connectivity index (χ2n) is 3.30. The number of hydrogen-bond donors (Lipinski definition) is 0. The normalized spacial score (nSPS) is 26.4. The molecule has 2 atom stereocenters. The summed E-state index contributed by atoms with van der Waals surface area (Å²) in [7, 11) is 1.66. The zero-order chi connectivity index (χ0) is 9.80. The molecule has 1 aromatic carbocycles. The highest BCUT2D eigenvalue weighted by Crippen LogP contribution is 2.26. The SMILES string of the molecule is CO[C@@H]1C=CC[C@@H](c2ccccc2)O1. The predicted molar refractivity (Wildman–Crippen MR) is 54.8 cm³/mol. The molecule has 1 aliphatic rings. The summed E-state index contributed by atoms with van der Waals surface area (Å²) in [6.07, 6.45) is 4.90. The molecule has 0 spiro atoms. The minimum absolute atomic E-state index is 0.131. The van der Waals surface area contributed by atoms with Crippen molar-refractivity contribution in [3.05, 3.63) is 48.0 Å². The van der Waals surface area contributed by atoms with Crippen molar-refractivity contribution in [3.63, 3.8) is 0 Å². The van der Waals surface area contributed by atoms with E-state index in [9.17, 15) is 0 Å². The molecule has 74 valence electrons. The molecule has 0 unspecified atom stereocenters. The summed E-state index contributed by atoms with van der Waals surface area (Å²) in [4.78, 5) is 0. The van der Waals surface area contributed by atoms with Gasteiger partial charge < -0.3 is 9.47 Å². The van der Waals surface area contributed by atoms with Gasteiger partial charge in [-0.15, -0.1) is 0 Å². The van der Waals surface area contributed by atoms with Crippen LogP contribution in [0.4, 0.5) is 0 Å². The smallest absolute Gasteiger partial charge is 0.177 e. The van der Waals surface area contributed by atoms with Gasteiger partial charge in [-0.2, -0.15) is 0 Å². The van der Waals surface area contributed by atoms with E-state index >= 15 is 0 Å². The van der Waals surface area contributed by atoms with Crippen molar-refractivity contribution in [3.8, 4) is 0 Å². The molecule has 2 nitrogen and oxygen atoms in total. The predicted octanol–water partition coefficient (Wildman–Crippen LogP) is 2.68. The molecule has 2 rings (SSSR count). The molecule has 1 heterocycles. The summed E-state index contributed by atoms with van der Waals surface area (Å²) in [6.45, 7) is 0. The second kappa shape index (κ2) is 4.40. The van der Waals surface area contributed by atoms with Crippen molar-refractivity contribution in [2.24, 2.45) is 0 Å². The van der Waals surface area contributed by atoms with Gasteiger partial charge in [-0.05, 0) is 18.1 Å². The van der Waals surface area contributed by atoms with Crippen LogP contribution in [0.25, 0.3) is 0 Å². The minimum atomic E-state index is -0.200. The van der Waals surface area contributed by atoms with Gasteiger partial charge >= 0.3 is 0 Å². The maximum absolute atomic E-state index is 5.71. The van der Waals surface area contributed by atoms with Crippen LogP contribution in [-0.4, -0.2) is 13.4 Å². The quantitative estimate of drug-likeness (QED) is 0.667. The van der Waals surface area contributed by atoms with Gasteiger partial charge in [0.25, 0.3) is 0 Å². The Morgan fingerprint density at radius 3 is 2.79 bits per heavy atom. The van der Waals surface area contributed by atoms with E-state index in [1.165, 1.54) is 5.56 Å². The number of methoxy groups -OCH3 is 1. The van der Waals surface area contributed by atoms with E-state index in [1.54, 1.807) is 7.11 Å². The summed E-state index contributed by atoms with van der Waals surface area (Å²) in [5, 5.41) is 0. The third kappa shape index (κ3) is 2.03. The Kier molecular flexibility index (Phi) is 2.96. The lowest BCUT2D eigenvalue weighted by atomic mass is 10.1. The van der Waals surface area contributed by atoms with Crippen molar-refractivity contribution >= 4 is 0 Å². The molecule has 0 fully saturated rings. The Labute approximate surface area is 84.2 Å². The Hall–Kier alpha value is -1.12. The maximum Gasteiger partial charge on any atom is 0.177 e. The first-order chi connectivity index (χ1) is 6.90.